The van der Waals surface area contributed by atoms with Gasteiger partial charge in [0.2, 0.25) is 0 Å². The Balaban J connectivity index is 1.83. The average molecular weight is 276 g/mol. The zero-order valence-corrected chi connectivity index (χ0v) is 11.8. The van der Waals surface area contributed by atoms with Crippen molar-refractivity contribution >= 4 is 22.1 Å². The fraction of sp³-hybridized carbons (Fsp3) is 0.176. The molecule has 0 saturated heterocycles. The number of para-hydroxylation sites is 4. The van der Waals surface area contributed by atoms with E-state index in [-0.39, 0.29) is 5.92 Å². The Labute approximate surface area is 122 Å². The predicted molar refractivity (Wildman–Crippen MR) is 84.3 cm³/mol. The van der Waals surface area contributed by atoms with Crippen LogP contribution < -0.4 is 0 Å². The number of imidazole rings is 2. The largest absolute Gasteiger partial charge is 0.341 e. The summed E-state index contributed by atoms with van der Waals surface area (Å²) in [5, 5.41) is 0. The summed E-state index contributed by atoms with van der Waals surface area (Å²) in [5.41, 5.74) is 4.15. The number of hydrogen-bond donors (Lipinski definition) is 2. The SMILES string of the molecule is CCC(c1nc2ccccc2[nH]1)c1nc2ccccc2[nH]1. The lowest BCUT2D eigenvalue weighted by Crippen LogP contribution is -2.04. The first-order valence-electron chi connectivity index (χ1n) is 7.24. The fourth-order valence-electron chi connectivity index (χ4n) is 2.79. The van der Waals surface area contributed by atoms with Gasteiger partial charge in [0.1, 0.15) is 11.6 Å². The maximum atomic E-state index is 4.71. The normalized spacial score (nSPS) is 11.7. The molecule has 0 saturated carbocycles. The van der Waals surface area contributed by atoms with Crippen LogP contribution in [0.5, 0.6) is 0 Å². The monoisotopic (exact) mass is 276 g/mol. The molecule has 2 heterocycles. The van der Waals surface area contributed by atoms with Crippen LogP contribution in [0.25, 0.3) is 22.1 Å². The molecular weight excluding hydrogens is 260 g/mol. The molecule has 0 unspecified atom stereocenters. The third-order valence-corrected chi connectivity index (χ3v) is 3.88. The van der Waals surface area contributed by atoms with Gasteiger partial charge >= 0.3 is 0 Å². The molecule has 0 fully saturated rings. The number of aromatic amines is 2. The Morgan fingerprint density at radius 2 is 1.29 bits per heavy atom. The van der Waals surface area contributed by atoms with Crippen molar-refractivity contribution in [3.05, 3.63) is 60.2 Å². The van der Waals surface area contributed by atoms with Crippen LogP contribution in [0.3, 0.4) is 0 Å². The maximum absolute atomic E-state index is 4.71. The summed E-state index contributed by atoms with van der Waals surface area (Å²) >= 11 is 0. The third kappa shape index (κ3) is 2.00. The first kappa shape index (κ1) is 12.1. The van der Waals surface area contributed by atoms with Crippen molar-refractivity contribution in [2.45, 2.75) is 19.3 Å². The third-order valence-electron chi connectivity index (χ3n) is 3.88. The van der Waals surface area contributed by atoms with E-state index in [9.17, 15) is 0 Å². The first-order valence-corrected chi connectivity index (χ1v) is 7.24. The van der Waals surface area contributed by atoms with Crippen LogP contribution in [0.1, 0.15) is 30.9 Å². The molecule has 0 atom stereocenters. The van der Waals surface area contributed by atoms with E-state index in [1.165, 1.54) is 0 Å². The van der Waals surface area contributed by atoms with Gasteiger partial charge in [0.25, 0.3) is 0 Å². The van der Waals surface area contributed by atoms with Crippen LogP contribution >= 0.6 is 0 Å². The van der Waals surface area contributed by atoms with Crippen molar-refractivity contribution in [1.82, 2.24) is 19.9 Å². The van der Waals surface area contributed by atoms with Gasteiger partial charge in [-0.15, -0.1) is 0 Å². The standard InChI is InChI=1S/C17H16N4/c1-2-11(16-18-12-7-3-4-8-13(12)19-16)17-20-14-9-5-6-10-15(14)21-17/h3-11H,2H2,1H3,(H,18,19)(H,20,21). The highest BCUT2D eigenvalue weighted by Crippen LogP contribution is 2.27. The minimum Gasteiger partial charge on any atom is -0.341 e. The van der Waals surface area contributed by atoms with Crippen LogP contribution in [0.2, 0.25) is 0 Å². The molecule has 4 heteroatoms. The number of fused-ring (bicyclic) bond motifs is 2. The molecule has 0 amide bonds. The number of hydrogen-bond acceptors (Lipinski definition) is 2. The Kier molecular flexibility index (Phi) is 2.74. The summed E-state index contributed by atoms with van der Waals surface area (Å²) < 4.78 is 0. The Bertz CT molecular complexity index is 763. The predicted octanol–water partition coefficient (Wildman–Crippen LogP) is 3.98. The molecule has 4 nitrogen and oxygen atoms in total. The highest BCUT2D eigenvalue weighted by Gasteiger charge is 2.19. The van der Waals surface area contributed by atoms with E-state index in [1.807, 2.05) is 36.4 Å². The van der Waals surface area contributed by atoms with Crippen LogP contribution in [0, 0.1) is 0 Å². The molecule has 0 aliphatic heterocycles. The van der Waals surface area contributed by atoms with Gasteiger partial charge in [-0.1, -0.05) is 31.2 Å². The quantitative estimate of drug-likeness (QED) is 0.594. The second-order valence-electron chi connectivity index (χ2n) is 5.24. The topological polar surface area (TPSA) is 57.4 Å². The molecule has 0 aliphatic rings. The summed E-state index contributed by atoms with van der Waals surface area (Å²) in [6.07, 6.45) is 0.944. The lowest BCUT2D eigenvalue weighted by Gasteiger charge is -2.08. The molecule has 21 heavy (non-hydrogen) atoms. The second kappa shape index (κ2) is 4.74. The number of benzene rings is 2. The minimum atomic E-state index is 0.157. The van der Waals surface area contributed by atoms with E-state index in [4.69, 9.17) is 9.97 Å². The Hall–Kier alpha value is -2.62. The van der Waals surface area contributed by atoms with Crippen molar-refractivity contribution in [3.8, 4) is 0 Å². The van der Waals surface area contributed by atoms with E-state index in [2.05, 4.69) is 29.0 Å². The van der Waals surface area contributed by atoms with E-state index in [0.29, 0.717) is 0 Å². The number of H-pyrrole nitrogens is 2. The number of rotatable bonds is 3. The van der Waals surface area contributed by atoms with Gasteiger partial charge in [0.05, 0.1) is 28.0 Å². The minimum absolute atomic E-state index is 0.157. The molecule has 4 aromatic rings. The first-order chi connectivity index (χ1) is 10.3. The van der Waals surface area contributed by atoms with Gasteiger partial charge in [-0.25, -0.2) is 9.97 Å². The highest BCUT2D eigenvalue weighted by molar-refractivity contribution is 5.76. The fourth-order valence-corrected chi connectivity index (χ4v) is 2.79. The zero-order valence-electron chi connectivity index (χ0n) is 11.8. The van der Waals surface area contributed by atoms with Gasteiger partial charge in [-0.2, -0.15) is 0 Å². The van der Waals surface area contributed by atoms with E-state index in [1.54, 1.807) is 0 Å². The second-order valence-corrected chi connectivity index (χ2v) is 5.24. The molecule has 0 aliphatic carbocycles. The Morgan fingerprint density at radius 3 is 1.71 bits per heavy atom. The molecule has 2 aromatic carbocycles. The van der Waals surface area contributed by atoms with Crippen molar-refractivity contribution in [2.24, 2.45) is 0 Å². The Morgan fingerprint density at radius 1 is 0.810 bits per heavy atom. The van der Waals surface area contributed by atoms with E-state index in [0.717, 1.165) is 40.1 Å². The van der Waals surface area contributed by atoms with Crippen LogP contribution in [-0.4, -0.2) is 19.9 Å². The van der Waals surface area contributed by atoms with Gasteiger partial charge in [-0.05, 0) is 30.7 Å². The molecule has 4 rings (SSSR count). The van der Waals surface area contributed by atoms with Crippen LogP contribution in [-0.2, 0) is 0 Å². The average Bonchev–Trinajstić information content (AvgIpc) is 3.11. The summed E-state index contributed by atoms with van der Waals surface area (Å²) in [7, 11) is 0. The smallest absolute Gasteiger partial charge is 0.117 e. The molecular formula is C17H16N4. The van der Waals surface area contributed by atoms with Gasteiger partial charge in [-0.3, -0.25) is 0 Å². The number of nitrogens with zero attached hydrogens (tertiary/aromatic N) is 2. The van der Waals surface area contributed by atoms with Crippen molar-refractivity contribution in [1.29, 1.82) is 0 Å². The summed E-state index contributed by atoms with van der Waals surface area (Å²) in [6.45, 7) is 2.16. The van der Waals surface area contributed by atoms with Crippen molar-refractivity contribution < 1.29 is 0 Å². The molecule has 2 aromatic heterocycles. The van der Waals surface area contributed by atoms with Gasteiger partial charge < -0.3 is 9.97 Å². The number of aromatic nitrogens is 4. The van der Waals surface area contributed by atoms with E-state index >= 15 is 0 Å². The van der Waals surface area contributed by atoms with Crippen molar-refractivity contribution in [3.63, 3.8) is 0 Å². The van der Waals surface area contributed by atoms with Gasteiger partial charge in [0, 0.05) is 0 Å². The molecule has 0 bridgehead atoms. The molecule has 0 spiro atoms. The van der Waals surface area contributed by atoms with Crippen LogP contribution in [0.15, 0.2) is 48.5 Å². The lowest BCUT2D eigenvalue weighted by atomic mass is 10.1. The lowest BCUT2D eigenvalue weighted by molar-refractivity contribution is 0.694. The maximum Gasteiger partial charge on any atom is 0.117 e. The van der Waals surface area contributed by atoms with Crippen molar-refractivity contribution in [2.75, 3.05) is 0 Å². The summed E-state index contributed by atoms with van der Waals surface area (Å²) in [6, 6.07) is 16.2. The zero-order chi connectivity index (χ0) is 14.2. The van der Waals surface area contributed by atoms with E-state index < -0.39 is 0 Å². The van der Waals surface area contributed by atoms with Gasteiger partial charge in [0.15, 0.2) is 0 Å². The summed E-state index contributed by atoms with van der Waals surface area (Å²) in [5.74, 6) is 2.10. The van der Waals surface area contributed by atoms with Crippen LogP contribution in [0.4, 0.5) is 0 Å². The number of nitrogens with one attached hydrogen (secondary N) is 2. The molecule has 0 radical (unpaired) electrons. The molecule has 104 valence electrons. The summed E-state index contributed by atoms with van der Waals surface area (Å²) in [4.78, 5) is 16.3. The highest BCUT2D eigenvalue weighted by atomic mass is 15.0. The molecule has 2 N–H and O–H groups in total.